The molecule has 0 aliphatic rings. The minimum absolute atomic E-state index is 0.0228. The number of rotatable bonds is 8. The molecular formula is C16H25NO3S. The Balaban J connectivity index is 2.34. The van der Waals surface area contributed by atoms with Crippen molar-refractivity contribution >= 4 is 17.7 Å². The molecule has 0 aliphatic carbocycles. The number of thioether (sulfide) groups is 1. The standard InChI is InChI=1S/C16H25NO3S/c1-11-5-6-14(9-12(11)2)20-8-7-16(19)17-13(3)15(10-18)21-4/h5-6,9,13,15,18H,7-8,10H2,1-4H3,(H,17,19). The summed E-state index contributed by atoms with van der Waals surface area (Å²) in [5, 5.41) is 12.1. The number of amides is 1. The van der Waals surface area contributed by atoms with Crippen LogP contribution in [0.5, 0.6) is 5.75 Å². The maximum atomic E-state index is 11.8. The number of aliphatic hydroxyl groups excluding tert-OH is 1. The van der Waals surface area contributed by atoms with Crippen LogP contribution in [0.25, 0.3) is 0 Å². The van der Waals surface area contributed by atoms with E-state index in [0.29, 0.717) is 13.0 Å². The number of aryl methyl sites for hydroxylation is 2. The molecule has 1 amide bonds. The van der Waals surface area contributed by atoms with Gasteiger partial charge >= 0.3 is 0 Å². The highest BCUT2D eigenvalue weighted by atomic mass is 32.2. The van der Waals surface area contributed by atoms with E-state index in [0.717, 1.165) is 5.75 Å². The zero-order valence-corrected chi connectivity index (χ0v) is 14.0. The highest BCUT2D eigenvalue weighted by molar-refractivity contribution is 7.99. The minimum atomic E-state index is -0.0566. The second-order valence-corrected chi connectivity index (χ2v) is 6.23. The van der Waals surface area contributed by atoms with Crippen molar-refractivity contribution in [3.05, 3.63) is 29.3 Å². The molecule has 0 radical (unpaired) electrons. The highest BCUT2D eigenvalue weighted by Crippen LogP contribution is 2.16. The molecule has 0 spiro atoms. The molecule has 21 heavy (non-hydrogen) atoms. The van der Waals surface area contributed by atoms with E-state index in [1.807, 2.05) is 38.3 Å². The van der Waals surface area contributed by atoms with Gasteiger partial charge < -0.3 is 15.2 Å². The van der Waals surface area contributed by atoms with Crippen LogP contribution in [-0.4, -0.2) is 41.8 Å². The Hall–Kier alpha value is -1.20. The predicted octanol–water partition coefficient (Wildman–Crippen LogP) is 2.30. The van der Waals surface area contributed by atoms with Gasteiger partial charge in [-0.15, -0.1) is 0 Å². The van der Waals surface area contributed by atoms with Crippen LogP contribution in [0, 0.1) is 13.8 Å². The quantitative estimate of drug-likeness (QED) is 0.773. The number of nitrogens with one attached hydrogen (secondary N) is 1. The van der Waals surface area contributed by atoms with Crippen LogP contribution in [-0.2, 0) is 4.79 Å². The SMILES string of the molecule is CSC(CO)C(C)NC(=O)CCOc1ccc(C)c(C)c1. The zero-order chi connectivity index (χ0) is 15.8. The monoisotopic (exact) mass is 311 g/mol. The molecule has 5 heteroatoms. The second-order valence-electron chi connectivity index (χ2n) is 5.16. The zero-order valence-electron chi connectivity index (χ0n) is 13.2. The number of aliphatic hydroxyl groups is 1. The molecule has 118 valence electrons. The maximum absolute atomic E-state index is 11.8. The van der Waals surface area contributed by atoms with Crippen LogP contribution < -0.4 is 10.1 Å². The Morgan fingerprint density at radius 2 is 2.10 bits per heavy atom. The second kappa shape index (κ2) is 8.95. The van der Waals surface area contributed by atoms with Gasteiger partial charge in [-0.2, -0.15) is 11.8 Å². The van der Waals surface area contributed by atoms with E-state index in [2.05, 4.69) is 12.2 Å². The molecular weight excluding hydrogens is 286 g/mol. The Bertz CT molecular complexity index is 461. The van der Waals surface area contributed by atoms with Gasteiger partial charge in [-0.3, -0.25) is 4.79 Å². The number of hydrogen-bond acceptors (Lipinski definition) is 4. The first-order valence-electron chi connectivity index (χ1n) is 7.11. The van der Waals surface area contributed by atoms with Crippen LogP contribution in [0.3, 0.4) is 0 Å². The van der Waals surface area contributed by atoms with Crippen molar-refractivity contribution in [3.63, 3.8) is 0 Å². The molecule has 1 rings (SSSR count). The molecule has 0 saturated carbocycles. The minimum Gasteiger partial charge on any atom is -0.493 e. The lowest BCUT2D eigenvalue weighted by atomic mass is 10.1. The van der Waals surface area contributed by atoms with E-state index in [1.165, 1.54) is 11.1 Å². The van der Waals surface area contributed by atoms with Gasteiger partial charge in [0.15, 0.2) is 0 Å². The van der Waals surface area contributed by atoms with Crippen molar-refractivity contribution in [2.75, 3.05) is 19.5 Å². The molecule has 0 aromatic heterocycles. The number of carbonyl (C=O) groups is 1. The number of carbonyl (C=O) groups excluding carboxylic acids is 1. The Morgan fingerprint density at radius 3 is 2.67 bits per heavy atom. The first-order chi connectivity index (χ1) is 9.97. The molecule has 0 aliphatic heterocycles. The summed E-state index contributed by atoms with van der Waals surface area (Å²) in [6.07, 6.45) is 2.23. The number of hydrogen-bond donors (Lipinski definition) is 2. The summed E-state index contributed by atoms with van der Waals surface area (Å²) < 4.78 is 5.59. The van der Waals surface area contributed by atoms with Crippen molar-refractivity contribution in [1.82, 2.24) is 5.32 Å². The molecule has 0 fully saturated rings. The Kier molecular flexibility index (Phi) is 7.61. The van der Waals surface area contributed by atoms with Crippen molar-refractivity contribution in [1.29, 1.82) is 0 Å². The lowest BCUT2D eigenvalue weighted by Crippen LogP contribution is -2.41. The first kappa shape index (κ1) is 17.9. The fraction of sp³-hybridized carbons (Fsp3) is 0.562. The molecule has 1 aromatic rings. The lowest BCUT2D eigenvalue weighted by molar-refractivity contribution is -0.122. The fourth-order valence-electron chi connectivity index (χ4n) is 1.92. The average molecular weight is 311 g/mol. The van der Waals surface area contributed by atoms with Gasteiger partial charge in [0.2, 0.25) is 5.91 Å². The van der Waals surface area contributed by atoms with E-state index >= 15 is 0 Å². The van der Waals surface area contributed by atoms with Gasteiger partial charge in [0.1, 0.15) is 5.75 Å². The molecule has 1 aromatic carbocycles. The largest absolute Gasteiger partial charge is 0.493 e. The van der Waals surface area contributed by atoms with Gasteiger partial charge in [-0.1, -0.05) is 6.07 Å². The third kappa shape index (κ3) is 5.98. The lowest BCUT2D eigenvalue weighted by Gasteiger charge is -2.21. The molecule has 2 atom stereocenters. The van der Waals surface area contributed by atoms with Gasteiger partial charge in [-0.05, 0) is 50.3 Å². The van der Waals surface area contributed by atoms with Crippen molar-refractivity contribution in [2.24, 2.45) is 0 Å². The van der Waals surface area contributed by atoms with Gasteiger partial charge in [-0.25, -0.2) is 0 Å². The third-order valence-electron chi connectivity index (χ3n) is 3.51. The summed E-state index contributed by atoms with van der Waals surface area (Å²) in [4.78, 5) is 11.8. The molecule has 2 N–H and O–H groups in total. The van der Waals surface area contributed by atoms with Crippen molar-refractivity contribution in [3.8, 4) is 5.75 Å². The number of ether oxygens (including phenoxy) is 1. The Morgan fingerprint density at radius 1 is 1.38 bits per heavy atom. The predicted molar refractivity (Wildman–Crippen MR) is 88.0 cm³/mol. The summed E-state index contributed by atoms with van der Waals surface area (Å²) in [5.41, 5.74) is 2.40. The van der Waals surface area contributed by atoms with Crippen LogP contribution in [0.15, 0.2) is 18.2 Å². The van der Waals surface area contributed by atoms with Crippen LogP contribution >= 0.6 is 11.8 Å². The van der Waals surface area contributed by atoms with Crippen molar-refractivity contribution in [2.45, 2.75) is 38.5 Å². The topological polar surface area (TPSA) is 58.6 Å². The maximum Gasteiger partial charge on any atom is 0.223 e. The summed E-state index contributed by atoms with van der Waals surface area (Å²) in [7, 11) is 0. The van der Waals surface area contributed by atoms with E-state index < -0.39 is 0 Å². The summed E-state index contributed by atoms with van der Waals surface area (Å²) >= 11 is 1.55. The highest BCUT2D eigenvalue weighted by Gasteiger charge is 2.17. The first-order valence-corrected chi connectivity index (χ1v) is 8.39. The smallest absolute Gasteiger partial charge is 0.223 e. The van der Waals surface area contributed by atoms with E-state index in [-0.39, 0.29) is 23.8 Å². The molecule has 2 unspecified atom stereocenters. The van der Waals surface area contributed by atoms with Crippen LogP contribution in [0.2, 0.25) is 0 Å². The normalized spacial score (nSPS) is 13.6. The fourth-order valence-corrected chi connectivity index (χ4v) is 2.55. The van der Waals surface area contributed by atoms with E-state index in [4.69, 9.17) is 4.74 Å². The molecule has 0 bridgehead atoms. The summed E-state index contributed by atoms with van der Waals surface area (Å²) in [5.74, 6) is 0.732. The van der Waals surface area contributed by atoms with E-state index in [1.54, 1.807) is 11.8 Å². The van der Waals surface area contributed by atoms with Gasteiger partial charge in [0, 0.05) is 11.3 Å². The number of benzene rings is 1. The van der Waals surface area contributed by atoms with Crippen molar-refractivity contribution < 1.29 is 14.6 Å². The average Bonchev–Trinajstić information content (AvgIpc) is 2.44. The summed E-state index contributed by atoms with van der Waals surface area (Å²) in [6, 6.07) is 5.85. The molecule has 0 saturated heterocycles. The third-order valence-corrected chi connectivity index (χ3v) is 4.67. The van der Waals surface area contributed by atoms with E-state index in [9.17, 15) is 9.90 Å². The van der Waals surface area contributed by atoms with Gasteiger partial charge in [0.05, 0.1) is 19.6 Å². The Labute approximate surface area is 131 Å². The van der Waals surface area contributed by atoms with Crippen LogP contribution in [0.4, 0.5) is 0 Å². The summed E-state index contributed by atoms with van der Waals surface area (Å²) in [6.45, 7) is 6.40. The molecule has 4 nitrogen and oxygen atoms in total. The molecule has 0 heterocycles. The van der Waals surface area contributed by atoms with Gasteiger partial charge in [0.25, 0.3) is 0 Å². The van der Waals surface area contributed by atoms with Crippen LogP contribution in [0.1, 0.15) is 24.5 Å².